The van der Waals surface area contributed by atoms with Gasteiger partial charge in [0, 0.05) is 37.8 Å². The van der Waals surface area contributed by atoms with Crippen LogP contribution in [0.1, 0.15) is 19.3 Å². The molecule has 2 fully saturated rings. The number of aromatic nitrogens is 6. The molecule has 2 aliphatic rings. The number of aromatic amines is 1. The highest BCUT2D eigenvalue weighted by atomic mass is 35.5. The molecule has 11 heteroatoms. The predicted molar refractivity (Wildman–Crippen MR) is 121 cm³/mol. The van der Waals surface area contributed by atoms with E-state index in [0.29, 0.717) is 55.4 Å². The molecule has 0 saturated carbocycles. The number of fused-ring (bicyclic) bond motifs is 4. The van der Waals surface area contributed by atoms with Crippen LogP contribution in [0.3, 0.4) is 0 Å². The normalized spacial score (nSPS) is 23.0. The third-order valence-corrected chi connectivity index (χ3v) is 7.54. The predicted octanol–water partition coefficient (Wildman–Crippen LogP) is 2.59. The van der Waals surface area contributed by atoms with Gasteiger partial charge in [-0.2, -0.15) is 15.2 Å². The van der Waals surface area contributed by atoms with Crippen molar-refractivity contribution in [2.75, 3.05) is 4.90 Å². The van der Waals surface area contributed by atoms with Crippen LogP contribution in [0, 0.1) is 0 Å². The summed E-state index contributed by atoms with van der Waals surface area (Å²) in [7, 11) is 3.49. The summed E-state index contributed by atoms with van der Waals surface area (Å²) >= 11 is 13.1. The number of nitrogens with zero attached hydrogens (tertiary/aromatic N) is 6. The second-order valence-corrected chi connectivity index (χ2v) is 9.15. The summed E-state index contributed by atoms with van der Waals surface area (Å²) in [5.74, 6) is 0.630. The zero-order chi connectivity index (χ0) is 21.6. The van der Waals surface area contributed by atoms with E-state index < -0.39 is 0 Å². The fourth-order valence-corrected chi connectivity index (χ4v) is 5.83. The maximum atomic E-state index is 13.4. The van der Waals surface area contributed by atoms with Crippen molar-refractivity contribution in [3.05, 3.63) is 32.7 Å². The van der Waals surface area contributed by atoms with E-state index >= 15 is 0 Å². The Balaban J connectivity index is 1.55. The van der Waals surface area contributed by atoms with Gasteiger partial charge in [-0.1, -0.05) is 23.2 Å². The molecule has 3 aromatic heterocycles. The van der Waals surface area contributed by atoms with Gasteiger partial charge in [0.15, 0.2) is 5.65 Å². The maximum absolute atomic E-state index is 13.4. The molecular formula is C20H20Cl2N8O. The average molecular weight is 459 g/mol. The summed E-state index contributed by atoms with van der Waals surface area (Å²) in [5, 5.41) is 13.5. The van der Waals surface area contributed by atoms with Gasteiger partial charge in [-0.15, -0.1) is 0 Å². The van der Waals surface area contributed by atoms with E-state index in [1.807, 2.05) is 6.07 Å². The molecule has 0 unspecified atom stereocenters. The first-order valence-electron chi connectivity index (χ1n) is 10.2. The molecule has 3 N–H and O–H groups in total. The van der Waals surface area contributed by atoms with Crippen LogP contribution in [-0.4, -0.2) is 47.7 Å². The van der Waals surface area contributed by atoms with Crippen molar-refractivity contribution >= 4 is 51.1 Å². The fourth-order valence-electron chi connectivity index (χ4n) is 5.22. The molecule has 160 valence electrons. The van der Waals surface area contributed by atoms with Gasteiger partial charge in [0.25, 0.3) is 5.56 Å². The summed E-state index contributed by atoms with van der Waals surface area (Å²) in [4.78, 5) is 20.4. The Kier molecular flexibility index (Phi) is 3.97. The van der Waals surface area contributed by atoms with Crippen LogP contribution in [0.15, 0.2) is 16.9 Å². The van der Waals surface area contributed by atoms with E-state index in [2.05, 4.69) is 20.2 Å². The minimum absolute atomic E-state index is 0.110. The van der Waals surface area contributed by atoms with Crippen LogP contribution >= 0.6 is 23.2 Å². The molecule has 1 aromatic carbocycles. The van der Waals surface area contributed by atoms with Crippen LogP contribution in [0.2, 0.25) is 10.2 Å². The van der Waals surface area contributed by atoms with Gasteiger partial charge in [-0.05, 0) is 31.4 Å². The Bertz CT molecular complexity index is 1440. The highest BCUT2D eigenvalue weighted by molar-refractivity contribution is 6.43. The van der Waals surface area contributed by atoms with Crippen molar-refractivity contribution < 1.29 is 0 Å². The van der Waals surface area contributed by atoms with E-state index in [1.165, 1.54) is 0 Å². The SMILES string of the molecule is Cn1nc2ccc(-c3n[nH]c4nc(N5[C@H]6CC[C@@H]5[C@H](N)C6)n(C)c(=O)c34)c(Cl)c2c1Cl. The molecule has 2 aliphatic heterocycles. The molecule has 0 amide bonds. The van der Waals surface area contributed by atoms with Gasteiger partial charge in [0.05, 0.1) is 15.9 Å². The standard InChI is InChI=1S/C20H20Cl2N8O/c1-28-19(31)14-16(9-4-5-11-13(15(9)21)17(22)29(2)27-11)25-26-18(14)24-20(28)30-8-3-6-12(30)10(23)7-8/h4-5,8,10,12H,3,6-7,23H2,1-2H3,(H,25,26)/t8-,10+,12+/m0/s1. The highest BCUT2D eigenvalue weighted by Crippen LogP contribution is 2.41. The number of nitrogens with one attached hydrogen (secondary N) is 1. The van der Waals surface area contributed by atoms with Gasteiger partial charge < -0.3 is 10.6 Å². The monoisotopic (exact) mass is 458 g/mol. The van der Waals surface area contributed by atoms with Crippen LogP contribution < -0.4 is 16.2 Å². The van der Waals surface area contributed by atoms with Gasteiger partial charge in [-0.3, -0.25) is 19.1 Å². The summed E-state index contributed by atoms with van der Waals surface area (Å²) < 4.78 is 3.15. The summed E-state index contributed by atoms with van der Waals surface area (Å²) in [6, 6.07) is 4.27. The van der Waals surface area contributed by atoms with Crippen LogP contribution in [0.4, 0.5) is 5.95 Å². The minimum atomic E-state index is -0.183. The zero-order valence-corrected chi connectivity index (χ0v) is 18.4. The number of aryl methyl sites for hydroxylation is 1. The Hall–Kier alpha value is -2.62. The summed E-state index contributed by atoms with van der Waals surface area (Å²) in [6.45, 7) is 0. The van der Waals surface area contributed by atoms with Crippen molar-refractivity contribution in [1.82, 2.24) is 29.5 Å². The first-order chi connectivity index (χ1) is 14.9. The second kappa shape index (κ2) is 6.44. The topological polar surface area (TPSA) is 111 Å². The molecule has 5 heterocycles. The largest absolute Gasteiger partial charge is 0.335 e. The van der Waals surface area contributed by atoms with Crippen molar-refractivity contribution in [1.29, 1.82) is 0 Å². The smallest absolute Gasteiger partial charge is 0.266 e. The number of nitrogens with two attached hydrogens (primary N) is 1. The Labute approximate surface area is 186 Å². The number of benzene rings is 1. The van der Waals surface area contributed by atoms with Gasteiger partial charge in [0.2, 0.25) is 5.95 Å². The number of anilines is 1. The van der Waals surface area contributed by atoms with Gasteiger partial charge >= 0.3 is 0 Å². The quantitative estimate of drug-likeness (QED) is 0.477. The molecule has 0 spiro atoms. The zero-order valence-electron chi connectivity index (χ0n) is 16.9. The van der Waals surface area contributed by atoms with Gasteiger partial charge in [-0.25, -0.2) is 0 Å². The third-order valence-electron chi connectivity index (χ3n) is 6.72. The molecule has 4 aromatic rings. The number of H-pyrrole nitrogens is 1. The number of rotatable bonds is 2. The third kappa shape index (κ3) is 2.48. The van der Waals surface area contributed by atoms with Crippen molar-refractivity contribution in [2.24, 2.45) is 19.8 Å². The molecule has 0 radical (unpaired) electrons. The first kappa shape index (κ1) is 19.1. The lowest BCUT2D eigenvalue weighted by atomic mass is 9.97. The van der Waals surface area contributed by atoms with Crippen LogP contribution in [0.25, 0.3) is 33.2 Å². The molecule has 2 saturated heterocycles. The molecule has 6 rings (SSSR count). The Morgan fingerprint density at radius 3 is 2.71 bits per heavy atom. The van der Waals surface area contributed by atoms with Crippen LogP contribution in [-0.2, 0) is 14.1 Å². The van der Waals surface area contributed by atoms with Crippen molar-refractivity contribution in [2.45, 2.75) is 37.4 Å². The van der Waals surface area contributed by atoms with Gasteiger partial charge in [0.1, 0.15) is 16.2 Å². The van der Waals surface area contributed by atoms with E-state index in [-0.39, 0.29) is 17.6 Å². The Morgan fingerprint density at radius 2 is 2.00 bits per heavy atom. The molecular weight excluding hydrogens is 439 g/mol. The Morgan fingerprint density at radius 1 is 1.19 bits per heavy atom. The average Bonchev–Trinajstić information content (AvgIpc) is 3.48. The first-order valence-corrected chi connectivity index (χ1v) is 10.9. The maximum Gasteiger partial charge on any atom is 0.266 e. The van der Waals surface area contributed by atoms with Crippen molar-refractivity contribution in [3.8, 4) is 11.3 Å². The van der Waals surface area contributed by atoms with E-state index in [9.17, 15) is 4.79 Å². The molecule has 2 bridgehead atoms. The van der Waals surface area contributed by atoms with Crippen LogP contribution in [0.5, 0.6) is 0 Å². The summed E-state index contributed by atoms with van der Waals surface area (Å²) in [6.07, 6.45) is 3.02. The highest BCUT2D eigenvalue weighted by Gasteiger charge is 2.46. The number of hydrogen-bond donors (Lipinski definition) is 2. The number of hydrogen-bond acceptors (Lipinski definition) is 6. The van der Waals surface area contributed by atoms with E-state index in [4.69, 9.17) is 33.9 Å². The second-order valence-electron chi connectivity index (χ2n) is 8.41. The molecule has 9 nitrogen and oxygen atoms in total. The minimum Gasteiger partial charge on any atom is -0.335 e. The van der Waals surface area contributed by atoms with E-state index in [1.54, 1.807) is 29.4 Å². The van der Waals surface area contributed by atoms with E-state index in [0.717, 1.165) is 19.3 Å². The number of halogens is 2. The fraction of sp³-hybridized carbons (Fsp3) is 0.400. The molecule has 3 atom stereocenters. The lowest BCUT2D eigenvalue weighted by Gasteiger charge is -2.25. The molecule has 0 aliphatic carbocycles. The van der Waals surface area contributed by atoms with Crippen molar-refractivity contribution in [3.63, 3.8) is 0 Å². The lowest BCUT2D eigenvalue weighted by molar-refractivity contribution is 0.503. The molecule has 31 heavy (non-hydrogen) atoms. The summed E-state index contributed by atoms with van der Waals surface area (Å²) in [5.41, 5.74) is 8.27. The lowest BCUT2D eigenvalue weighted by Crippen LogP contribution is -2.40.